The lowest BCUT2D eigenvalue weighted by atomic mass is 10.0. The molecule has 1 aliphatic heterocycles. The highest BCUT2D eigenvalue weighted by Gasteiger charge is 2.22. The summed E-state index contributed by atoms with van der Waals surface area (Å²) in [5.74, 6) is -0.139. The van der Waals surface area contributed by atoms with E-state index in [9.17, 15) is 13.2 Å². The van der Waals surface area contributed by atoms with Gasteiger partial charge in [-0.1, -0.05) is 12.5 Å². The second-order valence-electron chi connectivity index (χ2n) is 4.97. The van der Waals surface area contributed by atoms with E-state index in [0.29, 0.717) is 11.3 Å². The minimum absolute atomic E-state index is 0.0342. The summed E-state index contributed by atoms with van der Waals surface area (Å²) < 4.78 is 22.9. The van der Waals surface area contributed by atoms with E-state index < -0.39 is 10.0 Å². The number of nitrogens with one attached hydrogen (secondary N) is 2. The molecule has 6 nitrogen and oxygen atoms in total. The van der Waals surface area contributed by atoms with Crippen molar-refractivity contribution in [2.75, 3.05) is 11.9 Å². The molecule has 0 aromatic heterocycles. The van der Waals surface area contributed by atoms with Gasteiger partial charge in [0.15, 0.2) is 0 Å². The first kappa shape index (κ1) is 15.0. The summed E-state index contributed by atoms with van der Waals surface area (Å²) in [6.07, 6.45) is 2.88. The SMILES string of the molecule is Cc1c(NC(=O)C2CCCCN2)cccc1S(N)(=O)=O. The van der Waals surface area contributed by atoms with E-state index in [0.717, 1.165) is 25.8 Å². The maximum Gasteiger partial charge on any atom is 0.241 e. The Morgan fingerprint density at radius 2 is 2.15 bits per heavy atom. The molecule has 0 saturated carbocycles. The molecule has 1 saturated heterocycles. The van der Waals surface area contributed by atoms with Crippen LogP contribution in [0.3, 0.4) is 0 Å². The van der Waals surface area contributed by atoms with Crippen molar-refractivity contribution in [1.29, 1.82) is 0 Å². The van der Waals surface area contributed by atoms with Crippen LogP contribution in [0.15, 0.2) is 23.1 Å². The van der Waals surface area contributed by atoms with Crippen LogP contribution < -0.4 is 15.8 Å². The molecule has 1 aromatic rings. The first-order chi connectivity index (χ1) is 9.39. The number of benzene rings is 1. The largest absolute Gasteiger partial charge is 0.324 e. The molecule has 110 valence electrons. The third-order valence-corrected chi connectivity index (χ3v) is 4.53. The number of hydrogen-bond donors (Lipinski definition) is 3. The molecule has 0 bridgehead atoms. The molecular weight excluding hydrogens is 278 g/mol. The van der Waals surface area contributed by atoms with Gasteiger partial charge in [-0.25, -0.2) is 13.6 Å². The number of piperidine rings is 1. The van der Waals surface area contributed by atoms with Crippen molar-refractivity contribution in [3.63, 3.8) is 0 Å². The summed E-state index contributed by atoms with van der Waals surface area (Å²) >= 11 is 0. The highest BCUT2D eigenvalue weighted by molar-refractivity contribution is 7.89. The summed E-state index contributed by atoms with van der Waals surface area (Å²) in [7, 11) is -3.78. The number of hydrogen-bond acceptors (Lipinski definition) is 4. The van der Waals surface area contributed by atoms with Crippen LogP contribution in [0, 0.1) is 6.92 Å². The zero-order valence-electron chi connectivity index (χ0n) is 11.3. The summed E-state index contributed by atoms with van der Waals surface area (Å²) in [4.78, 5) is 12.2. The van der Waals surface area contributed by atoms with Crippen LogP contribution in [0.4, 0.5) is 5.69 Å². The lowest BCUT2D eigenvalue weighted by Crippen LogP contribution is -2.43. The number of carbonyl (C=O) groups is 1. The fourth-order valence-electron chi connectivity index (χ4n) is 2.35. The van der Waals surface area contributed by atoms with E-state index >= 15 is 0 Å². The third-order valence-electron chi connectivity index (χ3n) is 3.48. The summed E-state index contributed by atoms with van der Waals surface area (Å²) in [5.41, 5.74) is 0.938. The van der Waals surface area contributed by atoms with Gasteiger partial charge in [0.1, 0.15) is 0 Å². The Morgan fingerprint density at radius 1 is 1.40 bits per heavy atom. The number of rotatable bonds is 3. The Balaban J connectivity index is 2.19. The van der Waals surface area contributed by atoms with Crippen molar-refractivity contribution >= 4 is 21.6 Å². The molecule has 1 aliphatic rings. The number of anilines is 1. The van der Waals surface area contributed by atoms with Crippen LogP contribution in [-0.2, 0) is 14.8 Å². The summed E-state index contributed by atoms with van der Waals surface area (Å²) in [6.45, 7) is 2.46. The van der Waals surface area contributed by atoms with Crippen LogP contribution in [0.25, 0.3) is 0 Å². The molecule has 1 heterocycles. The predicted octanol–water partition coefficient (Wildman–Crippen LogP) is 0.723. The molecule has 0 spiro atoms. The van der Waals surface area contributed by atoms with Crippen LogP contribution in [0.2, 0.25) is 0 Å². The van der Waals surface area contributed by atoms with Crippen molar-refractivity contribution in [3.8, 4) is 0 Å². The molecular formula is C13H19N3O3S. The molecule has 2 rings (SSSR count). The Morgan fingerprint density at radius 3 is 2.75 bits per heavy atom. The molecule has 4 N–H and O–H groups in total. The highest BCUT2D eigenvalue weighted by atomic mass is 32.2. The Kier molecular flexibility index (Phi) is 4.42. The second kappa shape index (κ2) is 5.90. The van der Waals surface area contributed by atoms with Crippen molar-refractivity contribution in [1.82, 2.24) is 5.32 Å². The van der Waals surface area contributed by atoms with E-state index in [2.05, 4.69) is 10.6 Å². The highest BCUT2D eigenvalue weighted by Crippen LogP contribution is 2.22. The lowest BCUT2D eigenvalue weighted by Gasteiger charge is -2.23. The first-order valence-electron chi connectivity index (χ1n) is 6.56. The van der Waals surface area contributed by atoms with Gasteiger partial charge in [-0.05, 0) is 44.0 Å². The minimum Gasteiger partial charge on any atom is -0.324 e. The van der Waals surface area contributed by atoms with E-state index in [1.807, 2.05) is 0 Å². The number of sulfonamides is 1. The Hall–Kier alpha value is -1.44. The second-order valence-corrected chi connectivity index (χ2v) is 6.50. The summed E-state index contributed by atoms with van der Waals surface area (Å²) in [5, 5.41) is 11.1. The van der Waals surface area contributed by atoms with Crippen molar-refractivity contribution in [3.05, 3.63) is 23.8 Å². The monoisotopic (exact) mass is 297 g/mol. The van der Waals surface area contributed by atoms with E-state index in [-0.39, 0.29) is 16.8 Å². The Labute approximate surface area is 118 Å². The van der Waals surface area contributed by atoms with Crippen LogP contribution in [-0.4, -0.2) is 26.9 Å². The van der Waals surface area contributed by atoms with Crippen molar-refractivity contribution < 1.29 is 13.2 Å². The molecule has 1 amide bonds. The number of carbonyl (C=O) groups excluding carboxylic acids is 1. The molecule has 1 atom stereocenters. The molecule has 1 aromatic carbocycles. The predicted molar refractivity (Wildman–Crippen MR) is 76.8 cm³/mol. The van der Waals surface area contributed by atoms with Gasteiger partial charge in [-0.15, -0.1) is 0 Å². The fourth-order valence-corrected chi connectivity index (χ4v) is 3.16. The number of primary sulfonamides is 1. The van der Waals surface area contributed by atoms with Gasteiger partial charge in [0, 0.05) is 5.69 Å². The molecule has 0 aliphatic carbocycles. The van der Waals surface area contributed by atoms with Gasteiger partial charge in [-0.3, -0.25) is 4.79 Å². The van der Waals surface area contributed by atoms with E-state index in [1.54, 1.807) is 19.1 Å². The summed E-state index contributed by atoms with van der Waals surface area (Å²) in [6, 6.07) is 4.45. The standard InChI is InChI=1S/C13H19N3O3S/c1-9-10(6-4-7-12(9)20(14,18)19)16-13(17)11-5-2-3-8-15-11/h4,6-7,11,15H,2-3,5,8H2,1H3,(H,16,17)(H2,14,18,19). The van der Waals surface area contributed by atoms with Gasteiger partial charge in [0.05, 0.1) is 10.9 Å². The van der Waals surface area contributed by atoms with E-state index in [1.165, 1.54) is 6.07 Å². The molecule has 1 unspecified atom stereocenters. The zero-order chi connectivity index (χ0) is 14.8. The van der Waals surface area contributed by atoms with Crippen LogP contribution in [0.1, 0.15) is 24.8 Å². The molecule has 1 fully saturated rings. The van der Waals surface area contributed by atoms with Gasteiger partial charge in [-0.2, -0.15) is 0 Å². The topological polar surface area (TPSA) is 101 Å². The van der Waals surface area contributed by atoms with Gasteiger partial charge < -0.3 is 10.6 Å². The van der Waals surface area contributed by atoms with Gasteiger partial charge >= 0.3 is 0 Å². The van der Waals surface area contributed by atoms with Crippen LogP contribution in [0.5, 0.6) is 0 Å². The number of amides is 1. The quantitative estimate of drug-likeness (QED) is 0.765. The maximum atomic E-state index is 12.1. The van der Waals surface area contributed by atoms with Crippen molar-refractivity contribution in [2.24, 2.45) is 5.14 Å². The molecule has 0 radical (unpaired) electrons. The fraction of sp³-hybridized carbons (Fsp3) is 0.462. The van der Waals surface area contributed by atoms with Gasteiger partial charge in [0.2, 0.25) is 15.9 Å². The average Bonchev–Trinajstić information content (AvgIpc) is 2.40. The third kappa shape index (κ3) is 3.36. The Bertz CT molecular complexity index is 607. The molecule has 20 heavy (non-hydrogen) atoms. The minimum atomic E-state index is -3.78. The maximum absolute atomic E-state index is 12.1. The smallest absolute Gasteiger partial charge is 0.241 e. The zero-order valence-corrected chi connectivity index (χ0v) is 12.2. The first-order valence-corrected chi connectivity index (χ1v) is 8.11. The molecule has 7 heteroatoms. The number of nitrogens with two attached hydrogens (primary N) is 1. The lowest BCUT2D eigenvalue weighted by molar-refractivity contribution is -0.118. The average molecular weight is 297 g/mol. The normalized spacial score (nSPS) is 19.6. The van der Waals surface area contributed by atoms with Crippen molar-refractivity contribution in [2.45, 2.75) is 37.1 Å². The van der Waals surface area contributed by atoms with E-state index in [4.69, 9.17) is 5.14 Å². The van der Waals surface area contributed by atoms with Gasteiger partial charge in [0.25, 0.3) is 0 Å². The van der Waals surface area contributed by atoms with Crippen LogP contribution >= 0.6 is 0 Å².